The van der Waals surface area contributed by atoms with Gasteiger partial charge in [0, 0.05) is 12.6 Å². The lowest BCUT2D eigenvalue weighted by Crippen LogP contribution is -2.41. The standard InChI is InChI=1S/C13H28N2O/c1-3-11(4-2)13(15-14)9-8-12-7-5-6-10-16-12/h11-13,15H,3-10,14H2,1-2H3. The van der Waals surface area contributed by atoms with Gasteiger partial charge >= 0.3 is 0 Å². The second kappa shape index (κ2) is 8.04. The summed E-state index contributed by atoms with van der Waals surface area (Å²) in [6, 6.07) is 0.459. The maximum absolute atomic E-state index is 5.75. The molecule has 0 amide bonds. The molecule has 96 valence electrons. The Morgan fingerprint density at radius 3 is 2.56 bits per heavy atom. The lowest BCUT2D eigenvalue weighted by atomic mass is 9.90. The van der Waals surface area contributed by atoms with Gasteiger partial charge in [-0.15, -0.1) is 0 Å². The van der Waals surface area contributed by atoms with Gasteiger partial charge < -0.3 is 4.74 Å². The van der Waals surface area contributed by atoms with Crippen LogP contribution in [0.3, 0.4) is 0 Å². The third kappa shape index (κ3) is 4.40. The SMILES string of the molecule is CCC(CC)C(CCC1CCCCO1)NN. The molecule has 3 nitrogen and oxygen atoms in total. The van der Waals surface area contributed by atoms with Crippen molar-refractivity contribution in [2.24, 2.45) is 11.8 Å². The number of rotatable bonds is 7. The van der Waals surface area contributed by atoms with E-state index in [1.165, 1.54) is 32.1 Å². The monoisotopic (exact) mass is 228 g/mol. The van der Waals surface area contributed by atoms with Gasteiger partial charge in [0.25, 0.3) is 0 Å². The van der Waals surface area contributed by atoms with Crippen LogP contribution in [-0.4, -0.2) is 18.8 Å². The number of ether oxygens (including phenoxy) is 1. The van der Waals surface area contributed by atoms with Crippen LogP contribution in [-0.2, 0) is 4.74 Å². The third-order valence-electron chi connectivity index (χ3n) is 3.91. The zero-order valence-corrected chi connectivity index (χ0v) is 10.9. The van der Waals surface area contributed by atoms with Crippen molar-refractivity contribution in [1.29, 1.82) is 0 Å². The maximum Gasteiger partial charge on any atom is 0.0575 e. The van der Waals surface area contributed by atoms with Gasteiger partial charge in [0.15, 0.2) is 0 Å². The van der Waals surface area contributed by atoms with Gasteiger partial charge in [-0.3, -0.25) is 11.3 Å². The molecule has 0 aromatic heterocycles. The molecule has 0 aromatic rings. The van der Waals surface area contributed by atoms with Gasteiger partial charge in [0.2, 0.25) is 0 Å². The highest BCUT2D eigenvalue weighted by atomic mass is 16.5. The molecule has 16 heavy (non-hydrogen) atoms. The van der Waals surface area contributed by atoms with Crippen molar-refractivity contribution >= 4 is 0 Å². The summed E-state index contributed by atoms with van der Waals surface area (Å²) < 4.78 is 5.75. The Hall–Kier alpha value is -0.120. The molecule has 3 N–H and O–H groups in total. The quantitative estimate of drug-likeness (QED) is 0.520. The average molecular weight is 228 g/mol. The molecule has 1 aliphatic rings. The molecule has 2 atom stereocenters. The second-order valence-corrected chi connectivity index (χ2v) is 4.92. The van der Waals surface area contributed by atoms with Crippen molar-refractivity contribution in [1.82, 2.24) is 5.43 Å². The van der Waals surface area contributed by atoms with Crippen LogP contribution < -0.4 is 11.3 Å². The molecule has 1 fully saturated rings. The fraction of sp³-hybridized carbons (Fsp3) is 1.00. The van der Waals surface area contributed by atoms with Crippen molar-refractivity contribution in [2.45, 2.75) is 70.9 Å². The van der Waals surface area contributed by atoms with Gasteiger partial charge in [0.1, 0.15) is 0 Å². The molecule has 0 aromatic carbocycles. The first kappa shape index (κ1) is 13.9. The van der Waals surface area contributed by atoms with Crippen LogP contribution in [0.1, 0.15) is 58.8 Å². The van der Waals surface area contributed by atoms with Crippen LogP contribution in [0.15, 0.2) is 0 Å². The van der Waals surface area contributed by atoms with Gasteiger partial charge in [-0.1, -0.05) is 26.7 Å². The predicted octanol–water partition coefficient (Wildman–Crippen LogP) is 2.60. The lowest BCUT2D eigenvalue weighted by Gasteiger charge is -2.28. The van der Waals surface area contributed by atoms with E-state index >= 15 is 0 Å². The van der Waals surface area contributed by atoms with E-state index in [2.05, 4.69) is 19.3 Å². The summed E-state index contributed by atoms with van der Waals surface area (Å²) in [6.45, 7) is 5.45. The van der Waals surface area contributed by atoms with Crippen molar-refractivity contribution in [3.8, 4) is 0 Å². The Balaban J connectivity index is 2.26. The van der Waals surface area contributed by atoms with E-state index in [1.54, 1.807) is 0 Å². The largest absolute Gasteiger partial charge is 0.378 e. The van der Waals surface area contributed by atoms with Crippen LogP contribution in [0.4, 0.5) is 0 Å². The predicted molar refractivity (Wildman–Crippen MR) is 68.0 cm³/mol. The summed E-state index contributed by atoms with van der Waals surface area (Å²) in [5, 5.41) is 0. The Labute approximate surface area is 100 Å². The molecular weight excluding hydrogens is 200 g/mol. The minimum atomic E-state index is 0.459. The van der Waals surface area contributed by atoms with E-state index in [0.29, 0.717) is 18.1 Å². The Kier molecular flexibility index (Phi) is 7.01. The zero-order chi connectivity index (χ0) is 11.8. The van der Waals surface area contributed by atoms with Crippen molar-refractivity contribution in [3.63, 3.8) is 0 Å². The summed E-state index contributed by atoms with van der Waals surface area (Å²) in [6.07, 6.45) is 9.00. The van der Waals surface area contributed by atoms with E-state index in [4.69, 9.17) is 10.6 Å². The molecule has 0 aliphatic carbocycles. The van der Waals surface area contributed by atoms with Crippen molar-refractivity contribution in [2.75, 3.05) is 6.61 Å². The van der Waals surface area contributed by atoms with Crippen LogP contribution in [0, 0.1) is 5.92 Å². The molecule has 0 radical (unpaired) electrons. The Bertz CT molecular complexity index is 165. The second-order valence-electron chi connectivity index (χ2n) is 4.92. The lowest BCUT2D eigenvalue weighted by molar-refractivity contribution is 0.00737. The number of hydrazine groups is 1. The van der Waals surface area contributed by atoms with Crippen LogP contribution in [0.5, 0.6) is 0 Å². The molecular formula is C13H28N2O. The first-order valence-electron chi connectivity index (χ1n) is 6.89. The molecule has 0 bridgehead atoms. The number of hydrogen-bond donors (Lipinski definition) is 2. The molecule has 3 heteroatoms. The summed E-state index contributed by atoms with van der Waals surface area (Å²) in [4.78, 5) is 0. The average Bonchev–Trinajstić information content (AvgIpc) is 2.35. The van der Waals surface area contributed by atoms with Crippen LogP contribution in [0.25, 0.3) is 0 Å². The van der Waals surface area contributed by atoms with E-state index in [1.807, 2.05) is 0 Å². The molecule has 1 heterocycles. The van der Waals surface area contributed by atoms with Crippen LogP contribution in [0.2, 0.25) is 0 Å². The minimum Gasteiger partial charge on any atom is -0.378 e. The summed E-state index contributed by atoms with van der Waals surface area (Å²) in [5.74, 6) is 6.35. The zero-order valence-electron chi connectivity index (χ0n) is 10.9. The highest BCUT2D eigenvalue weighted by Gasteiger charge is 2.20. The van der Waals surface area contributed by atoms with Crippen molar-refractivity contribution < 1.29 is 4.74 Å². The summed E-state index contributed by atoms with van der Waals surface area (Å²) in [5.41, 5.74) is 2.99. The Morgan fingerprint density at radius 1 is 1.31 bits per heavy atom. The van der Waals surface area contributed by atoms with Gasteiger partial charge in [-0.25, -0.2) is 0 Å². The Morgan fingerprint density at radius 2 is 2.06 bits per heavy atom. The number of hydrogen-bond acceptors (Lipinski definition) is 3. The number of nitrogens with two attached hydrogens (primary N) is 1. The molecule has 1 aliphatic heterocycles. The topological polar surface area (TPSA) is 47.3 Å². The normalized spacial score (nSPS) is 23.6. The molecule has 1 rings (SSSR count). The molecule has 0 spiro atoms. The van der Waals surface area contributed by atoms with E-state index < -0.39 is 0 Å². The van der Waals surface area contributed by atoms with E-state index in [-0.39, 0.29) is 0 Å². The smallest absolute Gasteiger partial charge is 0.0575 e. The fourth-order valence-corrected chi connectivity index (χ4v) is 2.71. The van der Waals surface area contributed by atoms with Gasteiger partial charge in [-0.2, -0.15) is 0 Å². The minimum absolute atomic E-state index is 0.459. The first-order chi connectivity index (χ1) is 7.81. The highest BCUT2D eigenvalue weighted by molar-refractivity contribution is 4.75. The van der Waals surface area contributed by atoms with Crippen LogP contribution >= 0.6 is 0 Å². The third-order valence-corrected chi connectivity index (χ3v) is 3.91. The fourth-order valence-electron chi connectivity index (χ4n) is 2.71. The summed E-state index contributed by atoms with van der Waals surface area (Å²) >= 11 is 0. The van der Waals surface area contributed by atoms with E-state index in [0.717, 1.165) is 19.4 Å². The molecule has 0 saturated carbocycles. The first-order valence-corrected chi connectivity index (χ1v) is 6.89. The molecule has 2 unspecified atom stereocenters. The van der Waals surface area contributed by atoms with Gasteiger partial charge in [0.05, 0.1) is 6.10 Å². The highest BCUT2D eigenvalue weighted by Crippen LogP contribution is 2.22. The number of nitrogens with one attached hydrogen (secondary N) is 1. The van der Waals surface area contributed by atoms with Gasteiger partial charge in [-0.05, 0) is 38.0 Å². The van der Waals surface area contributed by atoms with E-state index in [9.17, 15) is 0 Å². The van der Waals surface area contributed by atoms with Crippen molar-refractivity contribution in [3.05, 3.63) is 0 Å². The summed E-state index contributed by atoms with van der Waals surface area (Å²) in [7, 11) is 0. The maximum atomic E-state index is 5.75. The molecule has 1 saturated heterocycles.